The number of likely N-dealkylation sites (tertiary alicyclic amines) is 2. The lowest BCUT2D eigenvalue weighted by Crippen LogP contribution is -2.43. The van der Waals surface area contributed by atoms with Gasteiger partial charge in [0, 0.05) is 18.7 Å². The zero-order valence-electron chi connectivity index (χ0n) is 34.9. The number of carbonyl (C=O) groups is 3. The Bertz CT molecular complexity index is 2450. The molecule has 8 rings (SSSR count). The van der Waals surface area contributed by atoms with Gasteiger partial charge < -0.3 is 24.5 Å². The molecule has 0 radical (unpaired) electrons. The number of hydrogen-bond donors (Lipinski definition) is 2. The topological polar surface area (TPSA) is 128 Å². The molecule has 6 aromatic rings. The lowest BCUT2D eigenvalue weighted by Gasteiger charge is -2.34. The van der Waals surface area contributed by atoms with Crippen molar-refractivity contribution < 1.29 is 23.5 Å². The van der Waals surface area contributed by atoms with Crippen LogP contribution in [0.4, 0.5) is 4.39 Å². The van der Waals surface area contributed by atoms with Crippen molar-refractivity contribution in [1.82, 2.24) is 34.6 Å². The van der Waals surface area contributed by atoms with E-state index >= 15 is 4.39 Å². The van der Waals surface area contributed by atoms with E-state index in [1.165, 1.54) is 13.2 Å². The van der Waals surface area contributed by atoms with Crippen LogP contribution in [-0.2, 0) is 19.1 Å². The van der Waals surface area contributed by atoms with Gasteiger partial charge in [-0.3, -0.25) is 19.3 Å². The molecule has 4 heterocycles. The van der Waals surface area contributed by atoms with Crippen molar-refractivity contribution in [1.29, 1.82) is 0 Å². The average Bonchev–Trinajstić information content (AvgIpc) is 4.15. The molecule has 61 heavy (non-hydrogen) atoms. The third-order valence-corrected chi connectivity index (χ3v) is 12.3. The number of ether oxygens (including phenoxy) is 1. The molecule has 0 spiro atoms. The van der Waals surface area contributed by atoms with E-state index in [0.717, 1.165) is 71.7 Å². The van der Waals surface area contributed by atoms with Gasteiger partial charge in [-0.2, -0.15) is 0 Å². The van der Waals surface area contributed by atoms with Crippen molar-refractivity contribution in [3.05, 3.63) is 144 Å². The van der Waals surface area contributed by atoms with Crippen molar-refractivity contribution in [2.24, 2.45) is 0 Å². The smallest absolute Gasteiger partial charge is 0.306 e. The Morgan fingerprint density at radius 3 is 1.85 bits per heavy atom. The maximum atomic E-state index is 15.9. The summed E-state index contributed by atoms with van der Waals surface area (Å²) in [6, 6.07) is 31.5. The standard InChI is InChI=1S/C49H52FN7O4/c1-4-55(5-2)45(35-16-10-7-11-17-35)49(60)57-27-13-19-43(57)46-51-30-40(53-46)34-22-20-32(21-23-34)36-24-25-37(39(50)28-36)41-31-52-47(54-41)42-18-12-26-56(42)48(59)38(29-44(58)61-3)33-14-8-6-9-15-33/h6-11,14-17,20-25,28,30-31,38,42-43,45H,4-5,12-13,18-19,26-27,29H2,1-3H3,(H,51,53)(H,52,54)/t38-,42+,43+,45-/m1/s1. The van der Waals surface area contributed by atoms with Crippen LogP contribution in [0.25, 0.3) is 33.6 Å². The predicted octanol–water partition coefficient (Wildman–Crippen LogP) is 9.03. The summed E-state index contributed by atoms with van der Waals surface area (Å²) >= 11 is 0. The number of halogens is 1. The number of nitrogens with zero attached hydrogens (tertiary/aromatic N) is 5. The minimum atomic E-state index is -0.684. The number of rotatable bonds is 14. The SMILES string of the molecule is CCN(CC)[C@@H](C(=O)N1CCC[C@H]1c1ncc(-c2ccc(-c3ccc(-c4cnc([C@@H]5CCCN5C(=O)[C@H](CC(=O)OC)c5ccccc5)[nH]4)c(F)c3)cc2)[nH]1)c1ccccc1. The quantitative estimate of drug-likeness (QED) is 0.105. The molecule has 2 aromatic heterocycles. The number of hydrogen-bond acceptors (Lipinski definition) is 7. The minimum Gasteiger partial charge on any atom is -0.469 e. The normalized spacial score (nSPS) is 17.5. The van der Waals surface area contributed by atoms with Gasteiger partial charge in [0.1, 0.15) is 23.5 Å². The molecule has 4 atom stereocenters. The largest absolute Gasteiger partial charge is 0.469 e. The van der Waals surface area contributed by atoms with Gasteiger partial charge in [0.15, 0.2) is 0 Å². The molecule has 2 aliphatic rings. The Hall–Kier alpha value is -6.40. The first-order chi connectivity index (χ1) is 29.8. The second-order valence-electron chi connectivity index (χ2n) is 15.8. The number of benzene rings is 4. The Labute approximate surface area is 356 Å². The molecule has 0 saturated carbocycles. The van der Waals surface area contributed by atoms with E-state index in [1.807, 2.05) is 102 Å². The van der Waals surface area contributed by atoms with Gasteiger partial charge in [0.25, 0.3) is 0 Å². The van der Waals surface area contributed by atoms with E-state index in [4.69, 9.17) is 9.72 Å². The van der Waals surface area contributed by atoms with Crippen molar-refractivity contribution in [2.75, 3.05) is 33.3 Å². The lowest BCUT2D eigenvalue weighted by atomic mass is 9.94. The number of aromatic nitrogens is 4. The predicted molar refractivity (Wildman–Crippen MR) is 232 cm³/mol. The van der Waals surface area contributed by atoms with Crippen LogP contribution in [-0.4, -0.2) is 85.7 Å². The first kappa shape index (κ1) is 41.3. The molecule has 0 bridgehead atoms. The Morgan fingerprint density at radius 2 is 1.26 bits per heavy atom. The molecule has 2 amide bonds. The molecule has 2 fully saturated rings. The highest BCUT2D eigenvalue weighted by molar-refractivity contribution is 5.89. The van der Waals surface area contributed by atoms with Gasteiger partial charge in [-0.15, -0.1) is 0 Å². The lowest BCUT2D eigenvalue weighted by molar-refractivity contribution is -0.145. The van der Waals surface area contributed by atoms with Crippen LogP contribution in [0.3, 0.4) is 0 Å². The molecule has 2 saturated heterocycles. The third-order valence-electron chi connectivity index (χ3n) is 12.3. The van der Waals surface area contributed by atoms with Crippen LogP contribution >= 0.6 is 0 Å². The fraction of sp³-hybridized carbons (Fsp3) is 0.327. The fourth-order valence-electron chi connectivity index (χ4n) is 9.05. The summed E-state index contributed by atoms with van der Waals surface area (Å²) in [5, 5.41) is 0. The number of likely N-dealkylation sites (N-methyl/N-ethyl adjacent to an activating group) is 1. The van der Waals surface area contributed by atoms with Crippen molar-refractivity contribution in [3.8, 4) is 33.6 Å². The maximum absolute atomic E-state index is 15.9. The zero-order chi connectivity index (χ0) is 42.5. The number of amides is 2. The maximum Gasteiger partial charge on any atom is 0.306 e. The summed E-state index contributed by atoms with van der Waals surface area (Å²) in [5.41, 5.74) is 6.01. The van der Waals surface area contributed by atoms with Gasteiger partial charge in [0.05, 0.1) is 55.3 Å². The molecule has 2 aliphatic heterocycles. The van der Waals surface area contributed by atoms with Gasteiger partial charge in [-0.25, -0.2) is 14.4 Å². The van der Waals surface area contributed by atoms with E-state index in [0.29, 0.717) is 36.6 Å². The van der Waals surface area contributed by atoms with Gasteiger partial charge in [0.2, 0.25) is 11.8 Å². The summed E-state index contributed by atoms with van der Waals surface area (Å²) in [7, 11) is 1.32. The first-order valence-electron chi connectivity index (χ1n) is 21.3. The highest BCUT2D eigenvalue weighted by Crippen LogP contribution is 2.38. The van der Waals surface area contributed by atoms with Crippen LogP contribution in [0, 0.1) is 5.82 Å². The Kier molecular flexibility index (Phi) is 12.5. The number of imidazole rings is 2. The van der Waals surface area contributed by atoms with E-state index in [1.54, 1.807) is 17.2 Å². The number of carbonyl (C=O) groups excluding carboxylic acids is 3. The van der Waals surface area contributed by atoms with Gasteiger partial charge in [-0.05, 0) is 78.7 Å². The van der Waals surface area contributed by atoms with E-state index in [-0.39, 0.29) is 36.4 Å². The van der Waals surface area contributed by atoms with Gasteiger partial charge >= 0.3 is 5.97 Å². The summed E-state index contributed by atoms with van der Waals surface area (Å²) in [6.45, 7) is 6.94. The van der Waals surface area contributed by atoms with Crippen molar-refractivity contribution in [3.63, 3.8) is 0 Å². The zero-order valence-corrected chi connectivity index (χ0v) is 34.9. The number of methoxy groups -OCH3 is 1. The second-order valence-corrected chi connectivity index (χ2v) is 15.8. The summed E-state index contributed by atoms with van der Waals surface area (Å²) in [6.07, 6.45) is 6.59. The molecule has 0 aliphatic carbocycles. The highest BCUT2D eigenvalue weighted by Gasteiger charge is 2.39. The molecule has 0 unspecified atom stereocenters. The molecule has 12 heteroatoms. The number of H-pyrrole nitrogens is 2. The molecule has 4 aromatic carbocycles. The van der Waals surface area contributed by atoms with Crippen LogP contribution in [0.1, 0.15) is 92.8 Å². The van der Waals surface area contributed by atoms with Crippen LogP contribution in [0.2, 0.25) is 0 Å². The van der Waals surface area contributed by atoms with Gasteiger partial charge in [-0.1, -0.05) is 105 Å². The molecular weight excluding hydrogens is 770 g/mol. The second kappa shape index (κ2) is 18.5. The van der Waals surface area contributed by atoms with Crippen molar-refractivity contribution in [2.45, 2.75) is 70.0 Å². The summed E-state index contributed by atoms with van der Waals surface area (Å²) in [5.74, 6) is -0.247. The first-order valence-corrected chi connectivity index (χ1v) is 21.3. The van der Waals surface area contributed by atoms with Crippen molar-refractivity contribution >= 4 is 17.8 Å². The Morgan fingerprint density at radius 1 is 0.721 bits per heavy atom. The summed E-state index contributed by atoms with van der Waals surface area (Å²) in [4.78, 5) is 62.7. The summed E-state index contributed by atoms with van der Waals surface area (Å²) < 4.78 is 20.8. The molecule has 11 nitrogen and oxygen atoms in total. The van der Waals surface area contributed by atoms with Crippen LogP contribution < -0.4 is 0 Å². The Balaban J connectivity index is 0.950. The molecular formula is C49H52FN7O4. The average molecular weight is 822 g/mol. The highest BCUT2D eigenvalue weighted by atomic mass is 19.1. The van der Waals surface area contributed by atoms with Crippen LogP contribution in [0.15, 0.2) is 116 Å². The molecule has 2 N–H and O–H groups in total. The fourth-order valence-corrected chi connectivity index (χ4v) is 9.05. The number of esters is 1. The monoisotopic (exact) mass is 821 g/mol. The van der Waals surface area contributed by atoms with Crippen LogP contribution in [0.5, 0.6) is 0 Å². The molecule has 314 valence electrons. The number of nitrogens with one attached hydrogen (secondary N) is 2. The number of aromatic amines is 2. The third kappa shape index (κ3) is 8.63. The minimum absolute atomic E-state index is 0.0628. The van der Waals surface area contributed by atoms with E-state index in [9.17, 15) is 14.4 Å². The van der Waals surface area contributed by atoms with E-state index < -0.39 is 17.7 Å². The van der Waals surface area contributed by atoms with E-state index in [2.05, 4.69) is 33.7 Å².